The average Bonchev–Trinajstić information content (AvgIpc) is 2.78. The lowest BCUT2D eigenvalue weighted by Gasteiger charge is -2.33. The summed E-state index contributed by atoms with van der Waals surface area (Å²) >= 11 is 0. The van der Waals surface area contributed by atoms with Gasteiger partial charge in [-0.25, -0.2) is 4.79 Å². The van der Waals surface area contributed by atoms with Gasteiger partial charge < -0.3 is 15.3 Å². The summed E-state index contributed by atoms with van der Waals surface area (Å²) < 4.78 is 0. The Balaban J connectivity index is 2.04. The maximum Gasteiger partial charge on any atom is 0.326 e. The number of fused-ring (bicyclic) bond motifs is 1. The number of amides is 1. The number of carbonyl (C=O) groups is 2. The molecule has 2 N–H and O–H groups in total. The number of aliphatic carboxylic acids is 1. The van der Waals surface area contributed by atoms with E-state index in [2.05, 4.69) is 5.32 Å². The predicted octanol–water partition coefficient (Wildman–Crippen LogP) is 1.23. The van der Waals surface area contributed by atoms with E-state index in [4.69, 9.17) is 0 Å². The minimum Gasteiger partial charge on any atom is -0.480 e. The number of hydrogen-bond donors (Lipinski definition) is 2. The topological polar surface area (TPSA) is 69.6 Å². The first-order chi connectivity index (χ1) is 9.15. The molecule has 1 aliphatic carbocycles. The Kier molecular flexibility index (Phi) is 4.80. The maximum atomic E-state index is 12.3. The number of likely N-dealkylation sites (tertiary alicyclic amines) is 1. The molecule has 2 aliphatic rings. The molecule has 19 heavy (non-hydrogen) atoms. The Bertz CT molecular complexity index is 346. The van der Waals surface area contributed by atoms with Gasteiger partial charge in [0.05, 0.1) is 6.54 Å². The molecular weight excluding hydrogens is 244 g/mol. The Morgan fingerprint density at radius 1 is 1.32 bits per heavy atom. The van der Waals surface area contributed by atoms with Crippen LogP contribution in [-0.4, -0.2) is 47.1 Å². The molecule has 1 heterocycles. The van der Waals surface area contributed by atoms with Crippen LogP contribution in [0.3, 0.4) is 0 Å². The second kappa shape index (κ2) is 6.37. The summed E-state index contributed by atoms with van der Waals surface area (Å²) in [7, 11) is 0. The van der Waals surface area contributed by atoms with Crippen LogP contribution in [0.15, 0.2) is 0 Å². The maximum absolute atomic E-state index is 12.3. The molecule has 5 nitrogen and oxygen atoms in total. The van der Waals surface area contributed by atoms with Crippen LogP contribution in [0.5, 0.6) is 0 Å². The fraction of sp³-hybridized carbons (Fsp3) is 0.857. The van der Waals surface area contributed by atoms with Crippen molar-refractivity contribution < 1.29 is 14.7 Å². The van der Waals surface area contributed by atoms with E-state index in [9.17, 15) is 14.7 Å². The van der Waals surface area contributed by atoms with E-state index in [1.807, 2.05) is 6.92 Å². The normalized spacial score (nSPS) is 30.2. The smallest absolute Gasteiger partial charge is 0.326 e. The number of carbonyl (C=O) groups excluding carboxylic acids is 1. The molecule has 0 spiro atoms. The van der Waals surface area contributed by atoms with Crippen molar-refractivity contribution in [3.05, 3.63) is 0 Å². The molecule has 1 saturated carbocycles. The lowest BCUT2D eigenvalue weighted by atomic mass is 9.85. The lowest BCUT2D eigenvalue weighted by molar-refractivity contribution is -0.149. The lowest BCUT2D eigenvalue weighted by Crippen LogP contribution is -2.49. The van der Waals surface area contributed by atoms with Crippen molar-refractivity contribution in [2.75, 3.05) is 13.1 Å². The molecule has 3 unspecified atom stereocenters. The van der Waals surface area contributed by atoms with E-state index in [-0.39, 0.29) is 18.5 Å². The SMILES string of the molecule is CCCNCC(=O)N1C(C(=O)O)CC2CCCCC21. The Morgan fingerprint density at radius 2 is 2.05 bits per heavy atom. The van der Waals surface area contributed by atoms with Gasteiger partial charge in [-0.3, -0.25) is 4.79 Å². The van der Waals surface area contributed by atoms with Crippen molar-refractivity contribution in [3.8, 4) is 0 Å². The standard InChI is InChI=1S/C14H24N2O3/c1-2-7-15-9-13(17)16-11-6-4-3-5-10(11)8-12(16)14(18)19/h10-12,15H,2-9H2,1H3,(H,18,19). The van der Waals surface area contributed by atoms with Gasteiger partial charge in [0.2, 0.25) is 5.91 Å². The molecule has 1 amide bonds. The van der Waals surface area contributed by atoms with Gasteiger partial charge in [-0.05, 0) is 38.1 Å². The summed E-state index contributed by atoms with van der Waals surface area (Å²) in [5, 5.41) is 12.4. The zero-order chi connectivity index (χ0) is 13.8. The van der Waals surface area contributed by atoms with Crippen molar-refractivity contribution in [1.29, 1.82) is 0 Å². The number of carboxylic acids is 1. The molecule has 0 aromatic heterocycles. The molecule has 0 radical (unpaired) electrons. The highest BCUT2D eigenvalue weighted by Crippen LogP contribution is 2.39. The molecule has 0 aromatic carbocycles. The molecule has 1 aliphatic heterocycles. The third-order valence-electron chi connectivity index (χ3n) is 4.36. The highest BCUT2D eigenvalue weighted by molar-refractivity contribution is 5.86. The van der Waals surface area contributed by atoms with E-state index in [1.54, 1.807) is 4.90 Å². The highest BCUT2D eigenvalue weighted by atomic mass is 16.4. The molecule has 5 heteroatoms. The number of carboxylic acid groups (broad SMARTS) is 1. The van der Waals surface area contributed by atoms with Crippen molar-refractivity contribution in [2.24, 2.45) is 5.92 Å². The number of hydrogen-bond acceptors (Lipinski definition) is 3. The van der Waals surface area contributed by atoms with Crippen LogP contribution in [0.25, 0.3) is 0 Å². The number of nitrogens with zero attached hydrogens (tertiary/aromatic N) is 1. The van der Waals surface area contributed by atoms with E-state index < -0.39 is 12.0 Å². The first-order valence-electron chi connectivity index (χ1n) is 7.39. The molecule has 2 rings (SSSR count). The summed E-state index contributed by atoms with van der Waals surface area (Å²) in [6.45, 7) is 3.11. The number of rotatable bonds is 5. The zero-order valence-electron chi connectivity index (χ0n) is 11.6. The molecule has 0 aromatic rings. The number of nitrogens with one attached hydrogen (secondary N) is 1. The van der Waals surface area contributed by atoms with E-state index in [0.29, 0.717) is 12.3 Å². The van der Waals surface area contributed by atoms with Gasteiger partial charge in [-0.15, -0.1) is 0 Å². The van der Waals surface area contributed by atoms with Crippen molar-refractivity contribution in [3.63, 3.8) is 0 Å². The average molecular weight is 268 g/mol. The van der Waals surface area contributed by atoms with Gasteiger partial charge in [0, 0.05) is 6.04 Å². The fourth-order valence-corrected chi connectivity index (χ4v) is 3.50. The predicted molar refractivity (Wildman–Crippen MR) is 71.8 cm³/mol. The Hall–Kier alpha value is -1.10. The van der Waals surface area contributed by atoms with Gasteiger partial charge in [0.1, 0.15) is 6.04 Å². The minimum absolute atomic E-state index is 0.0461. The second-order valence-corrected chi connectivity index (χ2v) is 5.68. The third kappa shape index (κ3) is 3.08. The van der Waals surface area contributed by atoms with Crippen LogP contribution >= 0.6 is 0 Å². The van der Waals surface area contributed by atoms with E-state index >= 15 is 0 Å². The van der Waals surface area contributed by atoms with Crippen molar-refractivity contribution >= 4 is 11.9 Å². The van der Waals surface area contributed by atoms with Crippen molar-refractivity contribution in [1.82, 2.24) is 10.2 Å². The van der Waals surface area contributed by atoms with Crippen LogP contribution in [0.2, 0.25) is 0 Å². The van der Waals surface area contributed by atoms with Crippen LogP contribution in [0, 0.1) is 5.92 Å². The summed E-state index contributed by atoms with van der Waals surface area (Å²) in [5.41, 5.74) is 0. The molecule has 3 atom stereocenters. The zero-order valence-corrected chi connectivity index (χ0v) is 11.6. The van der Waals surface area contributed by atoms with E-state index in [0.717, 1.165) is 32.2 Å². The Morgan fingerprint density at radius 3 is 2.74 bits per heavy atom. The first-order valence-corrected chi connectivity index (χ1v) is 7.39. The molecule has 2 fully saturated rings. The van der Waals surface area contributed by atoms with Gasteiger partial charge in [0.15, 0.2) is 0 Å². The highest BCUT2D eigenvalue weighted by Gasteiger charge is 2.47. The largest absolute Gasteiger partial charge is 0.480 e. The third-order valence-corrected chi connectivity index (χ3v) is 4.36. The fourth-order valence-electron chi connectivity index (χ4n) is 3.50. The summed E-state index contributed by atoms with van der Waals surface area (Å²) in [5.74, 6) is -0.501. The first kappa shape index (κ1) is 14.3. The quantitative estimate of drug-likeness (QED) is 0.736. The Labute approximate surface area is 114 Å². The van der Waals surface area contributed by atoms with Crippen LogP contribution in [0.1, 0.15) is 45.4 Å². The van der Waals surface area contributed by atoms with Crippen LogP contribution in [-0.2, 0) is 9.59 Å². The van der Waals surface area contributed by atoms with Crippen LogP contribution < -0.4 is 5.32 Å². The van der Waals surface area contributed by atoms with Crippen molar-refractivity contribution in [2.45, 2.75) is 57.5 Å². The molecule has 108 valence electrons. The van der Waals surface area contributed by atoms with Crippen LogP contribution in [0.4, 0.5) is 0 Å². The summed E-state index contributed by atoms with van der Waals surface area (Å²) in [6.07, 6.45) is 5.93. The van der Waals surface area contributed by atoms with Gasteiger partial charge >= 0.3 is 5.97 Å². The second-order valence-electron chi connectivity index (χ2n) is 5.68. The minimum atomic E-state index is -0.849. The summed E-state index contributed by atoms with van der Waals surface area (Å²) in [6, 6.07) is -0.449. The molecular formula is C14H24N2O3. The molecule has 1 saturated heterocycles. The van der Waals surface area contributed by atoms with E-state index in [1.165, 1.54) is 6.42 Å². The van der Waals surface area contributed by atoms with Gasteiger partial charge in [-0.2, -0.15) is 0 Å². The van der Waals surface area contributed by atoms with Gasteiger partial charge in [0.25, 0.3) is 0 Å². The summed E-state index contributed by atoms with van der Waals surface area (Å²) in [4.78, 5) is 25.3. The molecule has 0 bridgehead atoms. The monoisotopic (exact) mass is 268 g/mol. The van der Waals surface area contributed by atoms with Gasteiger partial charge in [-0.1, -0.05) is 19.8 Å².